The maximum absolute atomic E-state index is 13.0. The van der Waals surface area contributed by atoms with Gasteiger partial charge in [-0.05, 0) is 24.6 Å². The molecule has 0 spiro atoms. The van der Waals surface area contributed by atoms with E-state index in [9.17, 15) is 8.78 Å². The summed E-state index contributed by atoms with van der Waals surface area (Å²) >= 11 is 0. The van der Waals surface area contributed by atoms with Crippen LogP contribution in [0.15, 0.2) is 49.1 Å². The molecule has 0 amide bonds. The van der Waals surface area contributed by atoms with Crippen molar-refractivity contribution in [1.29, 1.82) is 0 Å². The van der Waals surface area contributed by atoms with Gasteiger partial charge in [-0.15, -0.1) is 0 Å². The number of pyridine rings is 2. The topological polar surface area (TPSA) is 69.4 Å². The Morgan fingerprint density at radius 1 is 1.04 bits per heavy atom. The van der Waals surface area contributed by atoms with Crippen LogP contribution >= 0.6 is 0 Å². The fourth-order valence-corrected chi connectivity index (χ4v) is 2.63. The second kappa shape index (κ2) is 6.55. The molecule has 0 fully saturated rings. The van der Waals surface area contributed by atoms with Gasteiger partial charge in [0.15, 0.2) is 17.3 Å². The minimum Gasteiger partial charge on any atom is -0.257 e. The first-order valence-electron chi connectivity index (χ1n) is 8.06. The summed E-state index contributed by atoms with van der Waals surface area (Å²) < 4.78 is 27.7. The van der Waals surface area contributed by atoms with E-state index in [2.05, 4.69) is 24.9 Å². The molecule has 8 heteroatoms. The third-order valence-corrected chi connectivity index (χ3v) is 3.95. The molecule has 0 bridgehead atoms. The summed E-state index contributed by atoms with van der Waals surface area (Å²) in [7, 11) is 0. The van der Waals surface area contributed by atoms with E-state index in [4.69, 9.17) is 0 Å². The van der Waals surface area contributed by atoms with Gasteiger partial charge >= 0.3 is 0 Å². The van der Waals surface area contributed by atoms with Gasteiger partial charge in [-0.2, -0.15) is 0 Å². The van der Waals surface area contributed by atoms with Crippen LogP contribution in [0.3, 0.4) is 0 Å². The van der Waals surface area contributed by atoms with Gasteiger partial charge in [0.25, 0.3) is 6.43 Å². The van der Waals surface area contributed by atoms with E-state index in [0.717, 1.165) is 18.3 Å². The van der Waals surface area contributed by atoms with E-state index in [-0.39, 0.29) is 5.56 Å². The summed E-state index contributed by atoms with van der Waals surface area (Å²) in [5, 5.41) is 0. The third-order valence-electron chi connectivity index (χ3n) is 3.95. The van der Waals surface area contributed by atoms with Crippen LogP contribution in [0.25, 0.3) is 28.5 Å². The predicted molar refractivity (Wildman–Crippen MR) is 92.0 cm³/mol. The number of aryl methyl sites for hydroxylation is 1. The summed E-state index contributed by atoms with van der Waals surface area (Å²) in [6.07, 6.45) is 4.25. The van der Waals surface area contributed by atoms with Gasteiger partial charge < -0.3 is 0 Å². The molecule has 0 aliphatic rings. The number of hydrogen-bond donors (Lipinski definition) is 0. The second-order valence-corrected chi connectivity index (χ2v) is 5.62. The second-order valence-electron chi connectivity index (χ2n) is 5.62. The van der Waals surface area contributed by atoms with Crippen molar-refractivity contribution in [2.45, 2.75) is 19.8 Å². The number of imidazole rings is 1. The summed E-state index contributed by atoms with van der Waals surface area (Å²) in [6, 6.07) is 6.75. The highest BCUT2D eigenvalue weighted by atomic mass is 19.3. The molecular weight excluding hydrogens is 338 g/mol. The van der Waals surface area contributed by atoms with E-state index in [1.165, 1.54) is 6.07 Å². The molecule has 4 rings (SSSR count). The lowest BCUT2D eigenvalue weighted by Crippen LogP contribution is -2.04. The fourth-order valence-electron chi connectivity index (χ4n) is 2.63. The zero-order chi connectivity index (χ0) is 18.1. The van der Waals surface area contributed by atoms with E-state index in [1.54, 1.807) is 35.3 Å². The lowest BCUT2D eigenvalue weighted by molar-refractivity contribution is 0.151. The van der Waals surface area contributed by atoms with Crippen LogP contribution in [0.1, 0.15) is 24.6 Å². The number of fused-ring (bicyclic) bond motifs is 1. The minimum absolute atomic E-state index is 0.179. The molecule has 0 aromatic carbocycles. The monoisotopic (exact) mass is 352 g/mol. The molecular formula is C18H14F2N6. The van der Waals surface area contributed by atoms with Gasteiger partial charge in [-0.3, -0.25) is 14.5 Å². The molecule has 4 aromatic heterocycles. The van der Waals surface area contributed by atoms with Crippen molar-refractivity contribution in [3.05, 3.63) is 60.3 Å². The molecule has 4 heterocycles. The van der Waals surface area contributed by atoms with Crippen molar-refractivity contribution >= 4 is 11.2 Å². The number of rotatable bonds is 4. The number of hydrogen-bond acceptors (Lipinski definition) is 5. The highest BCUT2D eigenvalue weighted by Gasteiger charge is 2.19. The SMILES string of the molecule is CCc1cnc(-n2c(-c3ccccn3)nc3cc(C(F)F)cnc32)cn1. The highest BCUT2D eigenvalue weighted by Crippen LogP contribution is 2.28. The quantitative estimate of drug-likeness (QED) is 0.559. The predicted octanol–water partition coefficient (Wildman–Crippen LogP) is 3.77. The maximum atomic E-state index is 13.0. The molecule has 130 valence electrons. The fraction of sp³-hybridized carbons (Fsp3) is 0.167. The summed E-state index contributed by atoms with van der Waals surface area (Å²) in [4.78, 5) is 21.8. The molecule has 4 aromatic rings. The van der Waals surface area contributed by atoms with Crippen molar-refractivity contribution < 1.29 is 8.78 Å². The summed E-state index contributed by atoms with van der Waals surface area (Å²) in [6.45, 7) is 1.99. The van der Waals surface area contributed by atoms with E-state index >= 15 is 0 Å². The molecule has 0 saturated carbocycles. The third kappa shape index (κ3) is 2.79. The maximum Gasteiger partial charge on any atom is 0.265 e. The zero-order valence-electron chi connectivity index (χ0n) is 13.8. The van der Waals surface area contributed by atoms with Gasteiger partial charge in [-0.1, -0.05) is 13.0 Å². The molecule has 26 heavy (non-hydrogen) atoms. The van der Waals surface area contributed by atoms with E-state index in [0.29, 0.717) is 28.5 Å². The van der Waals surface area contributed by atoms with Crippen molar-refractivity contribution in [3.8, 4) is 17.3 Å². The van der Waals surface area contributed by atoms with Crippen molar-refractivity contribution in [2.75, 3.05) is 0 Å². The van der Waals surface area contributed by atoms with Gasteiger partial charge in [0, 0.05) is 18.0 Å². The Hall–Kier alpha value is -3.29. The van der Waals surface area contributed by atoms with E-state index in [1.807, 2.05) is 13.0 Å². The molecule has 0 aliphatic heterocycles. The highest BCUT2D eigenvalue weighted by molar-refractivity contribution is 5.79. The molecule has 0 saturated heterocycles. The Morgan fingerprint density at radius 2 is 1.92 bits per heavy atom. The molecule has 0 N–H and O–H groups in total. The van der Waals surface area contributed by atoms with Gasteiger partial charge in [0.2, 0.25) is 0 Å². The first-order chi connectivity index (χ1) is 12.7. The lowest BCUT2D eigenvalue weighted by atomic mass is 10.3. The van der Waals surface area contributed by atoms with Crippen LogP contribution in [0, 0.1) is 0 Å². The molecule has 0 aliphatic carbocycles. The lowest BCUT2D eigenvalue weighted by Gasteiger charge is -2.07. The van der Waals surface area contributed by atoms with Gasteiger partial charge in [0.05, 0.1) is 18.1 Å². The normalized spacial score (nSPS) is 11.4. The number of nitrogens with zero attached hydrogens (tertiary/aromatic N) is 6. The summed E-state index contributed by atoms with van der Waals surface area (Å²) in [5.41, 5.74) is 2.04. The van der Waals surface area contributed by atoms with Crippen LogP contribution < -0.4 is 0 Å². The average Bonchev–Trinajstić information content (AvgIpc) is 3.07. The van der Waals surface area contributed by atoms with E-state index < -0.39 is 6.43 Å². The molecule has 0 radical (unpaired) electrons. The van der Waals surface area contributed by atoms with Crippen molar-refractivity contribution in [2.24, 2.45) is 0 Å². The van der Waals surface area contributed by atoms with Crippen LogP contribution in [-0.4, -0.2) is 29.5 Å². The smallest absolute Gasteiger partial charge is 0.257 e. The molecule has 0 atom stereocenters. The van der Waals surface area contributed by atoms with Gasteiger partial charge in [-0.25, -0.2) is 23.7 Å². The Bertz CT molecular complexity index is 1040. The Balaban J connectivity index is 1.98. The average molecular weight is 352 g/mol. The van der Waals surface area contributed by atoms with Gasteiger partial charge in [0.1, 0.15) is 11.2 Å². The molecule has 6 nitrogen and oxygen atoms in total. The minimum atomic E-state index is -2.61. The first kappa shape index (κ1) is 16.2. The van der Waals surface area contributed by atoms with Crippen LogP contribution in [-0.2, 0) is 6.42 Å². The Morgan fingerprint density at radius 3 is 2.58 bits per heavy atom. The zero-order valence-corrected chi connectivity index (χ0v) is 13.8. The number of alkyl halides is 2. The van der Waals surface area contributed by atoms with Crippen molar-refractivity contribution in [1.82, 2.24) is 29.5 Å². The standard InChI is InChI=1S/C18H14F2N6/c1-2-12-9-23-15(10-22-12)26-17-14(7-11(8-24-17)16(19)20)25-18(26)13-5-3-4-6-21-13/h3-10,16H,2H2,1H3. The Labute approximate surface area is 147 Å². The van der Waals surface area contributed by atoms with Crippen LogP contribution in [0.4, 0.5) is 8.78 Å². The van der Waals surface area contributed by atoms with Crippen molar-refractivity contribution in [3.63, 3.8) is 0 Å². The number of aromatic nitrogens is 6. The Kier molecular flexibility index (Phi) is 4.08. The first-order valence-corrected chi connectivity index (χ1v) is 8.06. The number of halogens is 2. The van der Waals surface area contributed by atoms with Crippen LogP contribution in [0.5, 0.6) is 0 Å². The largest absolute Gasteiger partial charge is 0.265 e. The van der Waals surface area contributed by atoms with Crippen LogP contribution in [0.2, 0.25) is 0 Å². The summed E-state index contributed by atoms with van der Waals surface area (Å²) in [5.74, 6) is 0.973. The molecule has 0 unspecified atom stereocenters.